The summed E-state index contributed by atoms with van der Waals surface area (Å²) in [5.74, 6) is 0.287. The first kappa shape index (κ1) is 17.5. The lowest BCUT2D eigenvalue weighted by Gasteiger charge is -2.05. The summed E-state index contributed by atoms with van der Waals surface area (Å²) >= 11 is 0. The minimum atomic E-state index is -0.121. The van der Waals surface area contributed by atoms with Crippen molar-refractivity contribution in [2.45, 2.75) is 18.4 Å². The Hall–Kier alpha value is -1.56. The van der Waals surface area contributed by atoms with Crippen molar-refractivity contribution in [3.63, 3.8) is 0 Å². The van der Waals surface area contributed by atoms with Crippen LogP contribution >= 0.6 is 24.8 Å². The molecule has 3 rings (SSSR count). The van der Waals surface area contributed by atoms with E-state index in [-0.39, 0.29) is 36.8 Å². The fraction of sp³-hybridized carbons (Fsp3) is 0.286. The van der Waals surface area contributed by atoms with Crippen LogP contribution in [0.5, 0.6) is 0 Å². The van der Waals surface area contributed by atoms with E-state index in [2.05, 4.69) is 10.4 Å². The highest BCUT2D eigenvalue weighted by atomic mass is 35.5. The molecule has 1 heterocycles. The van der Waals surface area contributed by atoms with Crippen molar-refractivity contribution < 1.29 is 4.79 Å². The SMILES string of the molecule is Cl.Cl.Cn1cc(NC(=O)c2cccc([C@@H]3C[C@H]3N)c2)cn1. The number of anilines is 1. The number of carbonyl (C=O) groups excluding carboxylic acids is 1. The molecule has 1 saturated carbocycles. The van der Waals surface area contributed by atoms with Crippen LogP contribution in [0.3, 0.4) is 0 Å². The van der Waals surface area contributed by atoms with Crippen LogP contribution in [0.1, 0.15) is 28.3 Å². The standard InChI is InChI=1S/C14H16N4O.2ClH/c1-18-8-11(7-16-18)17-14(19)10-4-2-3-9(5-10)12-6-13(12)15;;/h2-5,7-8,12-13H,6,15H2,1H3,(H,17,19);2*1H/t12-,13+;;/m0../s1. The zero-order valence-electron chi connectivity index (χ0n) is 11.5. The number of rotatable bonds is 3. The monoisotopic (exact) mass is 328 g/mol. The molecule has 1 fully saturated rings. The summed E-state index contributed by atoms with van der Waals surface area (Å²) in [6, 6.07) is 7.90. The van der Waals surface area contributed by atoms with Crippen LogP contribution in [-0.4, -0.2) is 21.7 Å². The summed E-state index contributed by atoms with van der Waals surface area (Å²) in [7, 11) is 1.81. The van der Waals surface area contributed by atoms with Gasteiger partial charge in [0.1, 0.15) is 0 Å². The molecule has 0 aliphatic heterocycles. The minimum absolute atomic E-state index is 0. The number of nitrogens with one attached hydrogen (secondary N) is 1. The smallest absolute Gasteiger partial charge is 0.255 e. The maximum atomic E-state index is 12.1. The number of aromatic nitrogens is 2. The van der Waals surface area contributed by atoms with Crippen LogP contribution in [0.25, 0.3) is 0 Å². The number of benzene rings is 1. The molecule has 0 saturated heterocycles. The molecule has 2 atom stereocenters. The number of aryl methyl sites for hydroxylation is 1. The molecular formula is C14H18Cl2N4O. The first-order chi connectivity index (χ1) is 9.13. The van der Waals surface area contributed by atoms with Gasteiger partial charge in [-0.1, -0.05) is 12.1 Å². The summed E-state index contributed by atoms with van der Waals surface area (Å²) in [6.07, 6.45) is 4.39. The van der Waals surface area contributed by atoms with E-state index in [1.807, 2.05) is 31.3 Å². The summed E-state index contributed by atoms with van der Waals surface area (Å²) in [4.78, 5) is 12.1. The van der Waals surface area contributed by atoms with Gasteiger partial charge in [-0.3, -0.25) is 9.48 Å². The Balaban J connectivity index is 0.00000110. The lowest BCUT2D eigenvalue weighted by Crippen LogP contribution is -2.12. The van der Waals surface area contributed by atoms with Crippen molar-refractivity contribution >= 4 is 36.4 Å². The van der Waals surface area contributed by atoms with Gasteiger partial charge in [0.05, 0.1) is 11.9 Å². The molecule has 1 aliphatic carbocycles. The Labute approximate surface area is 135 Å². The first-order valence-electron chi connectivity index (χ1n) is 6.29. The maximum Gasteiger partial charge on any atom is 0.255 e. The minimum Gasteiger partial charge on any atom is -0.327 e. The molecule has 0 unspecified atom stereocenters. The Morgan fingerprint density at radius 1 is 1.43 bits per heavy atom. The van der Waals surface area contributed by atoms with E-state index in [9.17, 15) is 4.79 Å². The molecule has 114 valence electrons. The summed E-state index contributed by atoms with van der Waals surface area (Å²) in [5.41, 5.74) is 8.33. The van der Waals surface area contributed by atoms with E-state index in [1.165, 1.54) is 0 Å². The average Bonchev–Trinajstić information content (AvgIpc) is 3.00. The third-order valence-electron chi connectivity index (χ3n) is 3.38. The third-order valence-corrected chi connectivity index (χ3v) is 3.38. The zero-order chi connectivity index (χ0) is 13.4. The third kappa shape index (κ3) is 3.97. The molecule has 1 amide bonds. The number of carbonyl (C=O) groups is 1. The highest BCUT2D eigenvalue weighted by Crippen LogP contribution is 2.39. The van der Waals surface area contributed by atoms with Crippen molar-refractivity contribution in [2.75, 3.05) is 5.32 Å². The number of hydrogen-bond donors (Lipinski definition) is 2. The fourth-order valence-electron chi connectivity index (χ4n) is 2.20. The van der Waals surface area contributed by atoms with E-state index in [0.29, 0.717) is 17.2 Å². The molecule has 1 aromatic carbocycles. The van der Waals surface area contributed by atoms with Gasteiger partial charge < -0.3 is 11.1 Å². The molecule has 0 radical (unpaired) electrons. The Bertz CT molecular complexity index is 629. The topological polar surface area (TPSA) is 72.9 Å². The lowest BCUT2D eigenvalue weighted by molar-refractivity contribution is 0.102. The van der Waals surface area contributed by atoms with E-state index in [1.54, 1.807) is 17.1 Å². The molecule has 3 N–H and O–H groups in total. The van der Waals surface area contributed by atoms with E-state index >= 15 is 0 Å². The van der Waals surface area contributed by atoms with Crippen molar-refractivity contribution in [3.05, 3.63) is 47.8 Å². The molecule has 0 spiro atoms. The highest BCUT2D eigenvalue weighted by molar-refractivity contribution is 6.04. The number of amides is 1. The second-order valence-corrected chi connectivity index (χ2v) is 4.99. The Kier molecular flexibility index (Phi) is 5.78. The second kappa shape index (κ2) is 6.93. The lowest BCUT2D eigenvalue weighted by atomic mass is 10.1. The van der Waals surface area contributed by atoms with Crippen LogP contribution in [0, 0.1) is 0 Å². The average molecular weight is 329 g/mol. The predicted molar refractivity (Wildman–Crippen MR) is 87.4 cm³/mol. The molecule has 1 aromatic heterocycles. The van der Waals surface area contributed by atoms with Gasteiger partial charge in [0, 0.05) is 30.8 Å². The largest absolute Gasteiger partial charge is 0.327 e. The normalized spacial score (nSPS) is 19.1. The van der Waals surface area contributed by atoms with Crippen LogP contribution in [0.4, 0.5) is 5.69 Å². The molecule has 0 bridgehead atoms. The van der Waals surface area contributed by atoms with E-state index < -0.39 is 0 Å². The predicted octanol–water partition coefficient (Wildman–Crippen LogP) is 2.33. The van der Waals surface area contributed by atoms with Gasteiger partial charge in [-0.05, 0) is 24.1 Å². The van der Waals surface area contributed by atoms with E-state index in [4.69, 9.17) is 5.73 Å². The van der Waals surface area contributed by atoms with Crippen molar-refractivity contribution in [1.82, 2.24) is 9.78 Å². The van der Waals surface area contributed by atoms with Gasteiger partial charge >= 0.3 is 0 Å². The van der Waals surface area contributed by atoms with Gasteiger partial charge in [-0.2, -0.15) is 5.10 Å². The summed E-state index contributed by atoms with van der Waals surface area (Å²) in [5, 5.41) is 6.84. The number of halogens is 2. The van der Waals surface area contributed by atoms with Gasteiger partial charge in [0.25, 0.3) is 5.91 Å². The van der Waals surface area contributed by atoms with Gasteiger partial charge in [-0.25, -0.2) is 0 Å². The Morgan fingerprint density at radius 3 is 2.71 bits per heavy atom. The zero-order valence-corrected chi connectivity index (χ0v) is 13.2. The van der Waals surface area contributed by atoms with Crippen molar-refractivity contribution in [1.29, 1.82) is 0 Å². The number of nitrogens with two attached hydrogens (primary N) is 1. The van der Waals surface area contributed by atoms with E-state index in [0.717, 1.165) is 12.0 Å². The van der Waals surface area contributed by atoms with Crippen LogP contribution in [0.2, 0.25) is 0 Å². The molecule has 2 aromatic rings. The van der Waals surface area contributed by atoms with Crippen molar-refractivity contribution in [2.24, 2.45) is 12.8 Å². The fourth-order valence-corrected chi connectivity index (χ4v) is 2.20. The maximum absolute atomic E-state index is 12.1. The Morgan fingerprint density at radius 2 is 2.14 bits per heavy atom. The second-order valence-electron chi connectivity index (χ2n) is 4.99. The molecule has 21 heavy (non-hydrogen) atoms. The first-order valence-corrected chi connectivity index (χ1v) is 6.29. The van der Waals surface area contributed by atoms with Crippen molar-refractivity contribution in [3.8, 4) is 0 Å². The van der Waals surface area contributed by atoms with Crippen LogP contribution in [0.15, 0.2) is 36.7 Å². The number of nitrogens with zero attached hydrogens (tertiary/aromatic N) is 2. The highest BCUT2D eigenvalue weighted by Gasteiger charge is 2.34. The van der Waals surface area contributed by atoms with Crippen LogP contribution in [-0.2, 0) is 7.05 Å². The van der Waals surface area contributed by atoms with Crippen LogP contribution < -0.4 is 11.1 Å². The van der Waals surface area contributed by atoms with Gasteiger partial charge in [0.15, 0.2) is 0 Å². The molecule has 5 nitrogen and oxygen atoms in total. The van der Waals surface area contributed by atoms with Gasteiger partial charge in [-0.15, -0.1) is 24.8 Å². The molecule has 1 aliphatic rings. The summed E-state index contributed by atoms with van der Waals surface area (Å²) in [6.45, 7) is 0. The summed E-state index contributed by atoms with van der Waals surface area (Å²) < 4.78 is 1.65. The molecular weight excluding hydrogens is 311 g/mol. The molecule has 7 heteroatoms. The van der Waals surface area contributed by atoms with Gasteiger partial charge in [0.2, 0.25) is 0 Å². The quantitative estimate of drug-likeness (QED) is 0.908. The number of hydrogen-bond acceptors (Lipinski definition) is 3.